The summed E-state index contributed by atoms with van der Waals surface area (Å²) in [5.41, 5.74) is 7.64. The van der Waals surface area contributed by atoms with E-state index in [0.29, 0.717) is 28.3 Å². The van der Waals surface area contributed by atoms with Crippen LogP contribution in [0.1, 0.15) is 33.2 Å². The number of anilines is 2. The van der Waals surface area contributed by atoms with Gasteiger partial charge in [-0.1, -0.05) is 42.5 Å². The fraction of sp³-hybridized carbons (Fsp3) is 0.0909. The number of carbonyl (C=O) groups is 4. The van der Waals surface area contributed by atoms with Gasteiger partial charge in [0.05, 0.1) is 23.6 Å². The number of carbonyl (C=O) groups excluding carboxylic acids is 4. The van der Waals surface area contributed by atoms with Gasteiger partial charge in [0.2, 0.25) is 5.91 Å². The number of hydrogen-bond donors (Lipinski definition) is 4. The molecular formula is C33H30N4O5S. The first-order chi connectivity index (χ1) is 20.7. The zero-order chi connectivity index (χ0) is 30.8. The Bertz CT molecular complexity index is 1640. The molecule has 0 radical (unpaired) electrons. The van der Waals surface area contributed by atoms with Crippen LogP contribution in [-0.2, 0) is 9.59 Å². The van der Waals surface area contributed by atoms with Crippen molar-refractivity contribution in [1.29, 1.82) is 0 Å². The Hall–Kier alpha value is -5.35. The van der Waals surface area contributed by atoms with Crippen LogP contribution in [0.4, 0.5) is 11.4 Å². The molecule has 0 aromatic heterocycles. The van der Waals surface area contributed by atoms with Crippen molar-refractivity contribution in [3.8, 4) is 5.75 Å². The molecular weight excluding hydrogens is 564 g/mol. The molecule has 4 amide bonds. The van der Waals surface area contributed by atoms with Gasteiger partial charge in [0, 0.05) is 16.1 Å². The Morgan fingerprint density at radius 3 is 2.12 bits per heavy atom. The van der Waals surface area contributed by atoms with Crippen LogP contribution in [-0.4, -0.2) is 36.0 Å². The molecule has 4 rings (SSSR count). The van der Waals surface area contributed by atoms with E-state index in [0.717, 1.165) is 4.90 Å². The van der Waals surface area contributed by atoms with Crippen molar-refractivity contribution in [1.82, 2.24) is 5.32 Å². The summed E-state index contributed by atoms with van der Waals surface area (Å²) in [6.45, 7) is 1.74. The summed E-state index contributed by atoms with van der Waals surface area (Å²) in [6.07, 6.45) is 1.58. The summed E-state index contributed by atoms with van der Waals surface area (Å²) in [5, 5.41) is 7.79. The molecule has 0 aliphatic heterocycles. The Kier molecular flexibility index (Phi) is 10.3. The first-order valence-corrected chi connectivity index (χ1v) is 14.1. The molecule has 0 fully saturated rings. The van der Waals surface area contributed by atoms with Crippen molar-refractivity contribution in [2.45, 2.75) is 17.1 Å². The van der Waals surface area contributed by atoms with Gasteiger partial charge in [0.25, 0.3) is 17.7 Å². The first-order valence-electron chi connectivity index (χ1n) is 13.2. The third-order valence-corrected chi connectivity index (χ3v) is 7.31. The number of thioether (sulfide) groups is 1. The molecule has 0 heterocycles. The molecule has 1 atom stereocenters. The van der Waals surface area contributed by atoms with Gasteiger partial charge >= 0.3 is 0 Å². The highest BCUT2D eigenvalue weighted by atomic mass is 32.2. The lowest BCUT2D eigenvalue weighted by atomic mass is 10.1. The Balaban J connectivity index is 1.44. The van der Waals surface area contributed by atoms with Gasteiger partial charge < -0.3 is 26.4 Å². The maximum absolute atomic E-state index is 13.3. The highest BCUT2D eigenvalue weighted by Crippen LogP contribution is 2.26. The van der Waals surface area contributed by atoms with Crippen LogP contribution in [0.5, 0.6) is 5.75 Å². The van der Waals surface area contributed by atoms with E-state index in [1.807, 2.05) is 0 Å². The minimum atomic E-state index is -0.629. The van der Waals surface area contributed by atoms with Gasteiger partial charge in [-0.2, -0.15) is 0 Å². The predicted octanol–water partition coefficient (Wildman–Crippen LogP) is 5.32. The molecule has 1 unspecified atom stereocenters. The van der Waals surface area contributed by atoms with Crippen molar-refractivity contribution in [2.24, 2.45) is 5.73 Å². The van der Waals surface area contributed by atoms with E-state index in [4.69, 9.17) is 10.5 Å². The maximum atomic E-state index is 13.3. The largest absolute Gasteiger partial charge is 0.497 e. The molecule has 0 spiro atoms. The number of benzene rings is 4. The standard InChI is InChI=1S/C33H30N4O5S/c1-21(31(39)36-28-11-7-6-10-27(28)30(34)38)43-26-18-14-24(15-19-26)35-33(41)29(20-22-12-16-25(42-2)17-13-22)37-32(40)23-8-4-3-5-9-23/h3-21H,1-2H3,(H2,34,38)(H,35,41)(H,36,39)(H,37,40)/b29-20-. The average Bonchev–Trinajstić information content (AvgIpc) is 3.02. The lowest BCUT2D eigenvalue weighted by molar-refractivity contribution is -0.115. The molecule has 10 heteroatoms. The molecule has 4 aromatic carbocycles. The number of ether oxygens (including phenoxy) is 1. The number of rotatable bonds is 11. The van der Waals surface area contributed by atoms with Gasteiger partial charge in [0.15, 0.2) is 0 Å². The van der Waals surface area contributed by atoms with Crippen LogP contribution in [0.3, 0.4) is 0 Å². The molecule has 0 saturated heterocycles. The highest BCUT2D eigenvalue weighted by Gasteiger charge is 2.18. The topological polar surface area (TPSA) is 140 Å². The Labute approximate surface area is 253 Å². The van der Waals surface area contributed by atoms with Gasteiger partial charge in [-0.15, -0.1) is 11.8 Å². The van der Waals surface area contributed by atoms with E-state index in [9.17, 15) is 19.2 Å². The highest BCUT2D eigenvalue weighted by molar-refractivity contribution is 8.00. The second-order valence-electron chi connectivity index (χ2n) is 9.29. The zero-order valence-electron chi connectivity index (χ0n) is 23.5. The van der Waals surface area contributed by atoms with Crippen molar-refractivity contribution >= 4 is 52.8 Å². The summed E-state index contributed by atoms with van der Waals surface area (Å²) in [5.74, 6) is -1.19. The Morgan fingerprint density at radius 2 is 1.47 bits per heavy atom. The molecule has 218 valence electrons. The number of nitrogens with two attached hydrogens (primary N) is 1. The van der Waals surface area contributed by atoms with Gasteiger partial charge in [-0.05, 0) is 79.2 Å². The van der Waals surface area contributed by atoms with Crippen LogP contribution in [0.25, 0.3) is 6.08 Å². The summed E-state index contributed by atoms with van der Waals surface area (Å²) >= 11 is 1.31. The third kappa shape index (κ3) is 8.57. The SMILES string of the molecule is COc1ccc(/C=C(\NC(=O)c2ccccc2)C(=O)Nc2ccc(SC(C)C(=O)Nc3ccccc3C(N)=O)cc2)cc1. The fourth-order valence-electron chi connectivity index (χ4n) is 3.92. The van der Waals surface area contributed by atoms with Crippen LogP contribution >= 0.6 is 11.8 Å². The molecule has 0 saturated carbocycles. The number of amides is 4. The van der Waals surface area contributed by atoms with Crippen molar-refractivity contribution < 1.29 is 23.9 Å². The molecule has 4 aromatic rings. The second-order valence-corrected chi connectivity index (χ2v) is 10.7. The third-order valence-electron chi connectivity index (χ3n) is 6.20. The molecule has 0 bridgehead atoms. The minimum absolute atomic E-state index is 0.0546. The smallest absolute Gasteiger partial charge is 0.272 e. The van der Waals surface area contributed by atoms with Crippen molar-refractivity contribution in [2.75, 3.05) is 17.7 Å². The summed E-state index contributed by atoms with van der Waals surface area (Å²) in [4.78, 5) is 51.4. The van der Waals surface area contributed by atoms with Gasteiger partial charge in [-0.25, -0.2) is 0 Å². The molecule has 0 aliphatic carbocycles. The molecule has 0 aliphatic rings. The quantitative estimate of drug-likeness (QED) is 0.137. The summed E-state index contributed by atoms with van der Waals surface area (Å²) in [7, 11) is 1.56. The van der Waals surface area contributed by atoms with Crippen LogP contribution in [0, 0.1) is 0 Å². The summed E-state index contributed by atoms with van der Waals surface area (Å²) < 4.78 is 5.20. The van der Waals surface area contributed by atoms with E-state index in [2.05, 4.69) is 16.0 Å². The van der Waals surface area contributed by atoms with Crippen LogP contribution < -0.4 is 26.4 Å². The molecule has 9 nitrogen and oxygen atoms in total. The lowest BCUT2D eigenvalue weighted by Crippen LogP contribution is -2.30. The zero-order valence-corrected chi connectivity index (χ0v) is 24.3. The second kappa shape index (κ2) is 14.5. The maximum Gasteiger partial charge on any atom is 0.272 e. The average molecular weight is 595 g/mol. The molecule has 43 heavy (non-hydrogen) atoms. The van der Waals surface area contributed by atoms with E-state index < -0.39 is 23.0 Å². The number of para-hydroxylation sites is 1. The van der Waals surface area contributed by atoms with Crippen molar-refractivity contribution in [3.05, 3.63) is 126 Å². The van der Waals surface area contributed by atoms with E-state index in [1.54, 1.807) is 123 Å². The minimum Gasteiger partial charge on any atom is -0.497 e. The predicted molar refractivity (Wildman–Crippen MR) is 169 cm³/mol. The Morgan fingerprint density at radius 1 is 0.814 bits per heavy atom. The van der Waals surface area contributed by atoms with Crippen LogP contribution in [0.15, 0.2) is 114 Å². The number of primary amides is 1. The van der Waals surface area contributed by atoms with E-state index in [1.165, 1.54) is 11.8 Å². The monoisotopic (exact) mass is 594 g/mol. The first kappa shape index (κ1) is 30.6. The fourth-order valence-corrected chi connectivity index (χ4v) is 4.79. The normalized spacial score (nSPS) is 11.6. The van der Waals surface area contributed by atoms with Crippen LogP contribution in [0.2, 0.25) is 0 Å². The number of nitrogens with one attached hydrogen (secondary N) is 3. The number of hydrogen-bond acceptors (Lipinski definition) is 6. The van der Waals surface area contributed by atoms with E-state index >= 15 is 0 Å². The number of methoxy groups -OCH3 is 1. The summed E-state index contributed by atoms with van der Waals surface area (Å²) in [6, 6.07) is 29.2. The molecule has 5 N–H and O–H groups in total. The van der Waals surface area contributed by atoms with Gasteiger partial charge in [-0.3, -0.25) is 19.2 Å². The van der Waals surface area contributed by atoms with Gasteiger partial charge in [0.1, 0.15) is 11.4 Å². The lowest BCUT2D eigenvalue weighted by Gasteiger charge is -2.14. The van der Waals surface area contributed by atoms with E-state index in [-0.39, 0.29) is 17.2 Å². The van der Waals surface area contributed by atoms with Crippen molar-refractivity contribution in [3.63, 3.8) is 0 Å².